The number of nitrogens with zero attached hydrogens (tertiary/aromatic N) is 1. The highest BCUT2D eigenvalue weighted by Gasteiger charge is 2.39. The molecule has 3 aliphatic rings. The van der Waals surface area contributed by atoms with Gasteiger partial charge in [0.25, 0.3) is 0 Å². The second kappa shape index (κ2) is 6.12. The Balaban J connectivity index is 1.56. The van der Waals surface area contributed by atoms with Crippen LogP contribution in [0.3, 0.4) is 0 Å². The van der Waals surface area contributed by atoms with Crippen molar-refractivity contribution in [3.8, 4) is 0 Å². The van der Waals surface area contributed by atoms with E-state index in [4.69, 9.17) is 9.40 Å². The summed E-state index contributed by atoms with van der Waals surface area (Å²) >= 11 is 0. The van der Waals surface area contributed by atoms with Crippen LogP contribution in [0.1, 0.15) is 83.3 Å². The number of piperidine rings is 1. The Kier molecular flexibility index (Phi) is 4.18. The minimum atomic E-state index is 0.161. The number of aromatic nitrogens is 1. The van der Waals surface area contributed by atoms with E-state index in [0.29, 0.717) is 11.8 Å². The summed E-state index contributed by atoms with van der Waals surface area (Å²) < 4.78 is 6.28. The molecule has 0 aromatic carbocycles. The van der Waals surface area contributed by atoms with E-state index in [2.05, 4.69) is 45.2 Å². The Morgan fingerprint density at radius 3 is 2.36 bits per heavy atom. The predicted molar refractivity (Wildman–Crippen MR) is 102 cm³/mol. The van der Waals surface area contributed by atoms with Gasteiger partial charge in [0.1, 0.15) is 5.76 Å². The number of allylic oxidation sites excluding steroid dienone is 4. The number of hydrogen-bond donors (Lipinski definition) is 1. The molecule has 1 fully saturated rings. The fourth-order valence-corrected chi connectivity index (χ4v) is 4.92. The largest absolute Gasteiger partial charge is 0.445 e. The lowest BCUT2D eigenvalue weighted by Gasteiger charge is -2.43. The molecule has 0 radical (unpaired) electrons. The molecule has 0 spiro atoms. The van der Waals surface area contributed by atoms with Crippen LogP contribution in [0.5, 0.6) is 0 Å². The summed E-state index contributed by atoms with van der Waals surface area (Å²) in [6.45, 7) is 11.6. The van der Waals surface area contributed by atoms with Crippen LogP contribution in [0.15, 0.2) is 33.9 Å². The zero-order chi connectivity index (χ0) is 17.7. The molecule has 0 bridgehead atoms. The van der Waals surface area contributed by atoms with Crippen LogP contribution in [-0.2, 0) is 0 Å². The van der Waals surface area contributed by atoms with E-state index in [1.807, 2.05) is 6.20 Å². The highest BCUT2D eigenvalue weighted by molar-refractivity contribution is 5.40. The molecule has 0 amide bonds. The molecule has 1 N–H and O–H groups in total. The lowest BCUT2D eigenvalue weighted by atomic mass is 9.62. The van der Waals surface area contributed by atoms with Gasteiger partial charge >= 0.3 is 0 Å². The van der Waals surface area contributed by atoms with Crippen LogP contribution < -0.4 is 5.32 Å². The third-order valence-corrected chi connectivity index (χ3v) is 6.66. The monoisotopic (exact) mass is 340 g/mol. The molecular formula is C22H32N2O. The van der Waals surface area contributed by atoms with Crippen LogP contribution in [0, 0.1) is 10.8 Å². The minimum Gasteiger partial charge on any atom is -0.445 e. The maximum atomic E-state index is 6.28. The molecule has 3 heteroatoms. The van der Waals surface area contributed by atoms with Gasteiger partial charge in [0.05, 0.1) is 6.20 Å². The fraction of sp³-hybridized carbons (Fsp3) is 0.682. The van der Waals surface area contributed by atoms with Crippen LogP contribution in [-0.4, -0.2) is 18.1 Å². The second-order valence-corrected chi connectivity index (χ2v) is 9.30. The summed E-state index contributed by atoms with van der Waals surface area (Å²) in [5.41, 5.74) is 3.64. The maximum absolute atomic E-state index is 6.28. The normalized spacial score (nSPS) is 28.9. The van der Waals surface area contributed by atoms with E-state index in [1.54, 1.807) is 11.1 Å². The molecule has 2 aliphatic carbocycles. The summed E-state index contributed by atoms with van der Waals surface area (Å²) in [4.78, 5) is 4.71. The first-order chi connectivity index (χ1) is 11.9. The first-order valence-corrected chi connectivity index (χ1v) is 9.96. The molecule has 25 heavy (non-hydrogen) atoms. The molecule has 1 aromatic heterocycles. The Morgan fingerprint density at radius 2 is 1.64 bits per heavy atom. The van der Waals surface area contributed by atoms with Crippen molar-refractivity contribution in [2.45, 2.75) is 71.6 Å². The minimum absolute atomic E-state index is 0.161. The van der Waals surface area contributed by atoms with E-state index in [1.165, 1.54) is 25.7 Å². The second-order valence-electron chi connectivity index (χ2n) is 9.30. The van der Waals surface area contributed by atoms with E-state index in [9.17, 15) is 0 Å². The van der Waals surface area contributed by atoms with Crippen molar-refractivity contribution in [3.05, 3.63) is 41.1 Å². The first-order valence-electron chi connectivity index (χ1n) is 9.96. The van der Waals surface area contributed by atoms with Gasteiger partial charge in [0, 0.05) is 22.7 Å². The molecular weight excluding hydrogens is 308 g/mol. The molecule has 3 nitrogen and oxygen atoms in total. The van der Waals surface area contributed by atoms with Crippen LogP contribution in [0.4, 0.5) is 0 Å². The van der Waals surface area contributed by atoms with Crippen LogP contribution >= 0.6 is 0 Å². The average Bonchev–Trinajstić information content (AvgIpc) is 3.10. The summed E-state index contributed by atoms with van der Waals surface area (Å²) in [6, 6.07) is 0. The smallest absolute Gasteiger partial charge is 0.197 e. The number of oxazole rings is 1. The zero-order valence-electron chi connectivity index (χ0n) is 16.2. The topological polar surface area (TPSA) is 38.1 Å². The molecule has 2 heterocycles. The number of rotatable bonds is 2. The van der Waals surface area contributed by atoms with Crippen molar-refractivity contribution in [1.29, 1.82) is 0 Å². The molecule has 1 unspecified atom stereocenters. The van der Waals surface area contributed by atoms with Crippen molar-refractivity contribution in [1.82, 2.24) is 10.3 Å². The molecule has 0 saturated carbocycles. The Hall–Kier alpha value is -1.35. The van der Waals surface area contributed by atoms with Gasteiger partial charge in [0.2, 0.25) is 0 Å². The van der Waals surface area contributed by atoms with Gasteiger partial charge in [-0.15, -0.1) is 0 Å². The Morgan fingerprint density at radius 1 is 0.960 bits per heavy atom. The van der Waals surface area contributed by atoms with Crippen molar-refractivity contribution in [2.75, 3.05) is 13.1 Å². The van der Waals surface area contributed by atoms with Gasteiger partial charge in [-0.2, -0.15) is 0 Å². The summed E-state index contributed by atoms with van der Waals surface area (Å²) in [7, 11) is 0. The first kappa shape index (κ1) is 17.1. The van der Waals surface area contributed by atoms with Crippen LogP contribution in [0.2, 0.25) is 0 Å². The average molecular weight is 341 g/mol. The van der Waals surface area contributed by atoms with E-state index in [-0.39, 0.29) is 10.8 Å². The molecule has 1 atom stereocenters. The molecule has 136 valence electrons. The zero-order valence-corrected chi connectivity index (χ0v) is 16.2. The quantitative estimate of drug-likeness (QED) is 0.740. The number of nitrogens with one attached hydrogen (secondary N) is 1. The molecule has 4 rings (SSSR count). The van der Waals surface area contributed by atoms with Crippen molar-refractivity contribution >= 4 is 0 Å². The summed E-state index contributed by atoms with van der Waals surface area (Å²) in [5.74, 6) is 3.08. The molecule has 1 aliphatic heterocycles. The van der Waals surface area contributed by atoms with Gasteiger partial charge < -0.3 is 9.73 Å². The van der Waals surface area contributed by atoms with Crippen molar-refractivity contribution in [2.24, 2.45) is 10.8 Å². The van der Waals surface area contributed by atoms with Gasteiger partial charge in [-0.25, -0.2) is 4.98 Å². The summed E-state index contributed by atoms with van der Waals surface area (Å²) in [5, 5.41) is 3.43. The summed E-state index contributed by atoms with van der Waals surface area (Å²) in [6.07, 6.45) is 12.6. The Labute approximate surface area is 152 Å². The highest BCUT2D eigenvalue weighted by atomic mass is 16.4. The SMILES string of the molecule is CC1(C)C=CC(C)(C)C2=C1CCC(c1ncc(C3CCNCC3)o1)C2. The van der Waals surface area contributed by atoms with Crippen LogP contribution in [0.25, 0.3) is 0 Å². The van der Waals surface area contributed by atoms with Gasteiger partial charge in [-0.1, -0.05) is 51.0 Å². The Bertz CT molecular complexity index is 701. The third kappa shape index (κ3) is 3.12. The van der Waals surface area contributed by atoms with Crippen molar-refractivity contribution in [3.63, 3.8) is 0 Å². The highest BCUT2D eigenvalue weighted by Crippen LogP contribution is 2.52. The lowest BCUT2D eigenvalue weighted by molar-refractivity contribution is 0.328. The number of hydrogen-bond acceptors (Lipinski definition) is 3. The van der Waals surface area contributed by atoms with Gasteiger partial charge in [-0.3, -0.25) is 0 Å². The van der Waals surface area contributed by atoms with E-state index >= 15 is 0 Å². The third-order valence-electron chi connectivity index (χ3n) is 6.66. The molecule has 1 aromatic rings. The van der Waals surface area contributed by atoms with E-state index < -0.39 is 0 Å². The van der Waals surface area contributed by atoms with Crippen molar-refractivity contribution < 1.29 is 4.42 Å². The lowest BCUT2D eigenvalue weighted by Crippen LogP contribution is -2.30. The van der Waals surface area contributed by atoms with Gasteiger partial charge in [-0.05, 0) is 45.2 Å². The maximum Gasteiger partial charge on any atom is 0.197 e. The van der Waals surface area contributed by atoms with E-state index in [0.717, 1.165) is 31.2 Å². The fourth-order valence-electron chi connectivity index (χ4n) is 4.92. The standard InChI is InChI=1S/C22H32N2O/c1-21(2)9-10-22(3,4)18-13-16(5-6-17(18)21)20-24-14-19(25-20)15-7-11-23-12-8-15/h9-10,14-16,23H,5-8,11-13H2,1-4H3. The predicted octanol–water partition coefficient (Wildman–Crippen LogP) is 5.33. The molecule has 1 saturated heterocycles. The van der Waals surface area contributed by atoms with Gasteiger partial charge in [0.15, 0.2) is 5.89 Å².